The molecule has 0 spiro atoms. The predicted octanol–water partition coefficient (Wildman–Crippen LogP) is 4.61. The van der Waals surface area contributed by atoms with Crippen LogP contribution in [0.15, 0.2) is 71.6 Å². The maximum atomic E-state index is 10.3. The number of fused-ring (bicyclic) bond motifs is 1. The molecule has 4 rings (SSSR count). The number of nitrogens with one attached hydrogen (secondary N) is 1. The van der Waals surface area contributed by atoms with Crippen LogP contribution in [-0.2, 0) is 0 Å². The van der Waals surface area contributed by atoms with Gasteiger partial charge in [-0.2, -0.15) is 0 Å². The molecule has 4 aromatic rings. The van der Waals surface area contributed by atoms with E-state index in [1.165, 1.54) is 0 Å². The summed E-state index contributed by atoms with van der Waals surface area (Å²) >= 11 is 3.45. The fraction of sp³-hybridized carbons (Fsp3) is 0. The van der Waals surface area contributed by atoms with Crippen LogP contribution < -0.4 is 5.32 Å². The molecule has 0 aliphatic carbocycles. The monoisotopic (exact) mass is 380 g/mol. The Balaban J connectivity index is 1.95. The van der Waals surface area contributed by atoms with Crippen LogP contribution in [0.2, 0.25) is 0 Å². The predicted molar refractivity (Wildman–Crippen MR) is 97.5 cm³/mol. The molecule has 0 bridgehead atoms. The average molecular weight is 381 g/mol. The van der Waals surface area contributed by atoms with Crippen LogP contribution in [0.3, 0.4) is 0 Å². The summed E-state index contributed by atoms with van der Waals surface area (Å²) in [5, 5.41) is 13.7. The molecule has 0 saturated heterocycles. The molecule has 0 atom stereocenters. The van der Waals surface area contributed by atoms with Crippen molar-refractivity contribution >= 4 is 33.1 Å². The van der Waals surface area contributed by atoms with Crippen LogP contribution in [0.5, 0.6) is 5.75 Å². The van der Waals surface area contributed by atoms with E-state index in [1.54, 1.807) is 24.5 Å². The molecule has 0 aliphatic rings. The van der Waals surface area contributed by atoms with E-state index >= 15 is 0 Å². The molecular formula is C18H13BrN4O. The lowest BCUT2D eigenvalue weighted by Gasteiger charge is -2.10. The summed E-state index contributed by atoms with van der Waals surface area (Å²) in [4.78, 5) is 8.76. The van der Waals surface area contributed by atoms with E-state index in [9.17, 15) is 5.11 Å². The Morgan fingerprint density at radius 1 is 1.08 bits per heavy atom. The normalized spacial score (nSPS) is 10.9. The van der Waals surface area contributed by atoms with Gasteiger partial charge in [0.05, 0.1) is 6.20 Å². The molecular weight excluding hydrogens is 368 g/mol. The lowest BCUT2D eigenvalue weighted by Crippen LogP contribution is -1.97. The van der Waals surface area contributed by atoms with Gasteiger partial charge in [0.25, 0.3) is 0 Å². The van der Waals surface area contributed by atoms with E-state index in [0.29, 0.717) is 16.9 Å². The van der Waals surface area contributed by atoms with Crippen molar-refractivity contribution in [2.45, 2.75) is 0 Å². The van der Waals surface area contributed by atoms with Crippen molar-refractivity contribution in [1.29, 1.82) is 0 Å². The van der Waals surface area contributed by atoms with Gasteiger partial charge in [0.15, 0.2) is 5.65 Å². The average Bonchev–Trinajstić information content (AvgIpc) is 2.96. The van der Waals surface area contributed by atoms with Gasteiger partial charge in [-0.25, -0.2) is 4.98 Å². The van der Waals surface area contributed by atoms with Crippen molar-refractivity contribution in [1.82, 2.24) is 14.4 Å². The van der Waals surface area contributed by atoms with Gasteiger partial charge in [0.2, 0.25) is 0 Å². The summed E-state index contributed by atoms with van der Waals surface area (Å²) in [5.74, 6) is 0.942. The minimum Gasteiger partial charge on any atom is -0.507 e. The third-order valence-electron chi connectivity index (χ3n) is 3.68. The number of benzene rings is 2. The second kappa shape index (κ2) is 5.98. The largest absolute Gasteiger partial charge is 0.507 e. The van der Waals surface area contributed by atoms with Crippen LogP contribution in [0.25, 0.3) is 16.9 Å². The van der Waals surface area contributed by atoms with Gasteiger partial charge in [0.1, 0.15) is 17.3 Å². The standard InChI is InChI=1S/C18H13BrN4O/c19-12-6-7-15(24)14(10-12)17-18(21-13-4-2-1-3-5-13)23-9-8-20-11-16(23)22-17/h1-11,21,24H. The zero-order valence-corrected chi connectivity index (χ0v) is 14.1. The van der Waals surface area contributed by atoms with Gasteiger partial charge in [-0.3, -0.25) is 9.38 Å². The van der Waals surface area contributed by atoms with E-state index in [1.807, 2.05) is 47.0 Å². The van der Waals surface area contributed by atoms with Gasteiger partial charge < -0.3 is 10.4 Å². The molecule has 2 heterocycles. The highest BCUT2D eigenvalue weighted by Gasteiger charge is 2.17. The molecule has 2 aromatic heterocycles. The van der Waals surface area contributed by atoms with Crippen LogP contribution in [0.1, 0.15) is 0 Å². The fourth-order valence-electron chi connectivity index (χ4n) is 2.57. The molecule has 24 heavy (non-hydrogen) atoms. The number of hydrogen-bond acceptors (Lipinski definition) is 4. The van der Waals surface area contributed by atoms with Gasteiger partial charge in [-0.05, 0) is 30.3 Å². The number of aromatic nitrogens is 3. The first-order chi connectivity index (χ1) is 11.7. The van der Waals surface area contributed by atoms with Crippen LogP contribution in [-0.4, -0.2) is 19.5 Å². The first-order valence-corrected chi connectivity index (χ1v) is 8.15. The number of hydrogen-bond donors (Lipinski definition) is 2. The zero-order chi connectivity index (χ0) is 16.5. The second-order valence-electron chi connectivity index (χ2n) is 5.27. The third kappa shape index (κ3) is 2.61. The number of rotatable bonds is 3. The molecule has 6 heteroatoms. The molecule has 0 fully saturated rings. The van der Waals surface area contributed by atoms with E-state index in [-0.39, 0.29) is 5.75 Å². The summed E-state index contributed by atoms with van der Waals surface area (Å²) in [7, 11) is 0. The molecule has 0 aliphatic heterocycles. The van der Waals surface area contributed by atoms with Crippen molar-refractivity contribution < 1.29 is 5.11 Å². The molecule has 0 amide bonds. The minimum atomic E-state index is 0.172. The Bertz CT molecular complexity index is 1010. The van der Waals surface area contributed by atoms with Crippen molar-refractivity contribution in [3.63, 3.8) is 0 Å². The molecule has 0 unspecified atom stereocenters. The molecule has 0 saturated carbocycles. The van der Waals surface area contributed by atoms with Crippen molar-refractivity contribution in [2.75, 3.05) is 5.32 Å². The highest BCUT2D eigenvalue weighted by atomic mass is 79.9. The number of aromatic hydroxyl groups is 1. The third-order valence-corrected chi connectivity index (χ3v) is 4.17. The van der Waals surface area contributed by atoms with Crippen molar-refractivity contribution in [3.05, 3.63) is 71.6 Å². The van der Waals surface area contributed by atoms with E-state index in [0.717, 1.165) is 16.0 Å². The first kappa shape index (κ1) is 14.7. The van der Waals surface area contributed by atoms with E-state index < -0.39 is 0 Å². The number of anilines is 2. The highest BCUT2D eigenvalue weighted by Crippen LogP contribution is 2.37. The van der Waals surface area contributed by atoms with Crippen LogP contribution >= 0.6 is 15.9 Å². The number of phenolic OH excluding ortho intramolecular Hbond substituents is 1. The summed E-state index contributed by atoms with van der Waals surface area (Å²) in [6, 6.07) is 15.1. The van der Waals surface area contributed by atoms with Crippen LogP contribution in [0.4, 0.5) is 11.5 Å². The number of imidazole rings is 1. The summed E-state index contributed by atoms with van der Waals surface area (Å²) in [5.41, 5.74) is 2.94. The summed E-state index contributed by atoms with van der Waals surface area (Å²) in [6.45, 7) is 0. The SMILES string of the molecule is Oc1ccc(Br)cc1-c1nc2cnccn2c1Nc1ccccc1. The molecule has 5 nitrogen and oxygen atoms in total. The zero-order valence-electron chi connectivity index (χ0n) is 12.5. The van der Waals surface area contributed by atoms with E-state index in [2.05, 4.69) is 31.2 Å². The maximum absolute atomic E-state index is 10.3. The number of nitrogens with zero attached hydrogens (tertiary/aromatic N) is 3. The second-order valence-corrected chi connectivity index (χ2v) is 6.18. The summed E-state index contributed by atoms with van der Waals surface area (Å²) < 4.78 is 2.78. The van der Waals surface area contributed by atoms with Crippen LogP contribution in [0, 0.1) is 0 Å². The number of para-hydroxylation sites is 1. The highest BCUT2D eigenvalue weighted by molar-refractivity contribution is 9.10. The number of halogens is 1. The van der Waals surface area contributed by atoms with Crippen molar-refractivity contribution in [2.24, 2.45) is 0 Å². The molecule has 118 valence electrons. The molecule has 0 radical (unpaired) electrons. The lowest BCUT2D eigenvalue weighted by atomic mass is 10.1. The van der Waals surface area contributed by atoms with Gasteiger partial charge in [0, 0.05) is 28.1 Å². The summed E-state index contributed by atoms with van der Waals surface area (Å²) in [6.07, 6.45) is 5.23. The van der Waals surface area contributed by atoms with E-state index in [4.69, 9.17) is 0 Å². The Kier molecular flexibility index (Phi) is 3.66. The molecule has 2 N–H and O–H groups in total. The van der Waals surface area contributed by atoms with Gasteiger partial charge >= 0.3 is 0 Å². The van der Waals surface area contributed by atoms with Crippen molar-refractivity contribution in [3.8, 4) is 17.0 Å². The lowest BCUT2D eigenvalue weighted by molar-refractivity contribution is 0.477. The smallest absolute Gasteiger partial charge is 0.157 e. The molecule has 2 aromatic carbocycles. The fourth-order valence-corrected chi connectivity index (χ4v) is 2.93. The Hall–Kier alpha value is -2.86. The minimum absolute atomic E-state index is 0.172. The Morgan fingerprint density at radius 3 is 2.75 bits per heavy atom. The Morgan fingerprint density at radius 2 is 1.92 bits per heavy atom. The maximum Gasteiger partial charge on any atom is 0.157 e. The van der Waals surface area contributed by atoms with Gasteiger partial charge in [-0.15, -0.1) is 0 Å². The topological polar surface area (TPSA) is 62.5 Å². The quantitative estimate of drug-likeness (QED) is 0.544. The van der Waals surface area contributed by atoms with Gasteiger partial charge in [-0.1, -0.05) is 34.1 Å². The first-order valence-electron chi connectivity index (χ1n) is 7.35. The Labute approximate surface area is 146 Å². The number of phenols is 1.